The maximum atomic E-state index is 9.68. The average Bonchev–Trinajstić information content (AvgIpc) is 2.61. The number of aromatic nitrogens is 3. The number of hydrogen-bond acceptors (Lipinski definition) is 3. The van der Waals surface area contributed by atoms with Gasteiger partial charge in [0.05, 0.1) is 0 Å². The lowest BCUT2D eigenvalue weighted by atomic mass is 10.3. The monoisotopic (exact) mass is 153 g/mol. The van der Waals surface area contributed by atoms with Crippen LogP contribution in [-0.2, 0) is 12.1 Å². The minimum absolute atomic E-state index is 0.646. The molecule has 0 unspecified atom stereocenters. The summed E-state index contributed by atoms with van der Waals surface area (Å²) in [4.78, 5) is 4.02. The molecule has 60 valence electrons. The lowest BCUT2D eigenvalue weighted by Crippen LogP contribution is -2.14. The van der Waals surface area contributed by atoms with Crippen LogP contribution in [0.3, 0.4) is 0 Å². The van der Waals surface area contributed by atoms with Crippen molar-refractivity contribution in [3.8, 4) is 0 Å². The molecule has 1 aliphatic rings. The molecule has 0 saturated heterocycles. The maximum absolute atomic E-state index is 9.68. The van der Waals surface area contributed by atoms with Crippen LogP contribution >= 0.6 is 0 Å². The van der Waals surface area contributed by atoms with Crippen molar-refractivity contribution in [2.45, 2.75) is 31.9 Å². The van der Waals surface area contributed by atoms with E-state index in [1.165, 1.54) is 6.33 Å². The highest BCUT2D eigenvalue weighted by Crippen LogP contribution is 2.43. The molecule has 2 rings (SSSR count). The van der Waals surface area contributed by atoms with E-state index in [4.69, 9.17) is 0 Å². The van der Waals surface area contributed by atoms with Gasteiger partial charge in [-0.3, -0.25) is 0 Å². The van der Waals surface area contributed by atoms with Gasteiger partial charge in [0, 0.05) is 6.54 Å². The molecule has 0 spiro atoms. The molecular weight excluding hydrogens is 142 g/mol. The van der Waals surface area contributed by atoms with Crippen LogP contribution in [0.5, 0.6) is 0 Å². The second kappa shape index (κ2) is 2.04. The Bertz CT molecular complexity index is 264. The maximum Gasteiger partial charge on any atom is 0.158 e. The van der Waals surface area contributed by atoms with Crippen molar-refractivity contribution < 1.29 is 5.11 Å². The molecule has 1 saturated carbocycles. The number of nitrogens with zero attached hydrogens (tertiary/aromatic N) is 3. The molecule has 1 heterocycles. The summed E-state index contributed by atoms with van der Waals surface area (Å²) in [7, 11) is 0. The molecule has 11 heavy (non-hydrogen) atoms. The zero-order chi connectivity index (χ0) is 7.90. The Morgan fingerprint density at radius 2 is 2.45 bits per heavy atom. The Balaban J connectivity index is 2.36. The van der Waals surface area contributed by atoms with E-state index in [2.05, 4.69) is 10.1 Å². The predicted molar refractivity (Wildman–Crippen MR) is 38.8 cm³/mol. The number of hydrogen-bond donors (Lipinski definition) is 1. The van der Waals surface area contributed by atoms with E-state index in [0.29, 0.717) is 0 Å². The highest BCUT2D eigenvalue weighted by Gasteiger charge is 2.46. The van der Waals surface area contributed by atoms with Crippen molar-refractivity contribution >= 4 is 0 Å². The molecule has 0 radical (unpaired) electrons. The SMILES string of the molecule is CCn1ncnc1C1(O)CC1. The molecule has 1 N–H and O–H groups in total. The van der Waals surface area contributed by atoms with Gasteiger partial charge in [-0.25, -0.2) is 9.67 Å². The number of aliphatic hydroxyl groups is 1. The first-order valence-corrected chi connectivity index (χ1v) is 3.87. The largest absolute Gasteiger partial charge is 0.382 e. The van der Waals surface area contributed by atoms with Crippen molar-refractivity contribution in [1.82, 2.24) is 14.8 Å². The zero-order valence-corrected chi connectivity index (χ0v) is 6.49. The summed E-state index contributed by atoms with van der Waals surface area (Å²) in [5.41, 5.74) is -0.646. The summed E-state index contributed by atoms with van der Waals surface area (Å²) >= 11 is 0. The quantitative estimate of drug-likeness (QED) is 0.664. The lowest BCUT2D eigenvalue weighted by molar-refractivity contribution is 0.135. The third-order valence-corrected chi connectivity index (χ3v) is 2.05. The minimum Gasteiger partial charge on any atom is -0.382 e. The second-order valence-corrected chi connectivity index (χ2v) is 2.93. The van der Waals surface area contributed by atoms with Gasteiger partial charge in [0.2, 0.25) is 0 Å². The summed E-state index contributed by atoms with van der Waals surface area (Å²) in [6.45, 7) is 2.77. The van der Waals surface area contributed by atoms with E-state index < -0.39 is 5.60 Å². The Kier molecular flexibility index (Phi) is 1.26. The number of aryl methyl sites for hydroxylation is 1. The van der Waals surface area contributed by atoms with Crippen LogP contribution < -0.4 is 0 Å². The highest BCUT2D eigenvalue weighted by molar-refractivity contribution is 5.10. The average molecular weight is 153 g/mol. The molecular formula is C7H11N3O. The van der Waals surface area contributed by atoms with Crippen LogP contribution in [0, 0.1) is 0 Å². The van der Waals surface area contributed by atoms with E-state index in [1.54, 1.807) is 4.68 Å². The summed E-state index contributed by atoms with van der Waals surface area (Å²) in [6.07, 6.45) is 3.15. The van der Waals surface area contributed by atoms with Crippen LogP contribution in [0.1, 0.15) is 25.6 Å². The smallest absolute Gasteiger partial charge is 0.158 e. The number of rotatable bonds is 2. The zero-order valence-electron chi connectivity index (χ0n) is 6.49. The second-order valence-electron chi connectivity index (χ2n) is 2.93. The predicted octanol–water partition coefficient (Wildman–Crippen LogP) is 0.279. The van der Waals surface area contributed by atoms with Crippen molar-refractivity contribution in [2.75, 3.05) is 0 Å². The summed E-state index contributed by atoms with van der Waals surface area (Å²) in [5, 5.41) is 13.7. The molecule has 4 nitrogen and oxygen atoms in total. The van der Waals surface area contributed by atoms with Gasteiger partial charge in [-0.1, -0.05) is 0 Å². The first kappa shape index (κ1) is 6.79. The Labute approximate surface area is 64.9 Å². The normalized spacial score (nSPS) is 20.2. The standard InChI is InChI=1S/C7H11N3O/c1-2-10-6(8-5-9-10)7(11)3-4-7/h5,11H,2-4H2,1H3. The van der Waals surface area contributed by atoms with Gasteiger partial charge >= 0.3 is 0 Å². The molecule has 1 aromatic rings. The lowest BCUT2D eigenvalue weighted by Gasteiger charge is -2.06. The van der Waals surface area contributed by atoms with Crippen LogP contribution in [-0.4, -0.2) is 19.9 Å². The van der Waals surface area contributed by atoms with E-state index in [0.717, 1.165) is 25.2 Å². The van der Waals surface area contributed by atoms with Gasteiger partial charge in [-0.05, 0) is 19.8 Å². The Hall–Kier alpha value is -0.900. The Morgan fingerprint density at radius 1 is 1.73 bits per heavy atom. The van der Waals surface area contributed by atoms with Crippen molar-refractivity contribution in [3.05, 3.63) is 12.2 Å². The van der Waals surface area contributed by atoms with Gasteiger partial charge in [-0.2, -0.15) is 5.10 Å². The van der Waals surface area contributed by atoms with Crippen molar-refractivity contribution in [3.63, 3.8) is 0 Å². The summed E-state index contributed by atoms with van der Waals surface area (Å²) < 4.78 is 1.74. The van der Waals surface area contributed by atoms with Crippen molar-refractivity contribution in [2.24, 2.45) is 0 Å². The fourth-order valence-electron chi connectivity index (χ4n) is 1.20. The molecule has 1 fully saturated rings. The molecule has 1 aromatic heterocycles. The minimum atomic E-state index is -0.646. The topological polar surface area (TPSA) is 50.9 Å². The summed E-state index contributed by atoms with van der Waals surface area (Å²) in [5.74, 6) is 0.722. The molecule has 0 atom stereocenters. The fraction of sp³-hybridized carbons (Fsp3) is 0.714. The first-order chi connectivity index (χ1) is 5.26. The van der Waals surface area contributed by atoms with E-state index >= 15 is 0 Å². The van der Waals surface area contributed by atoms with E-state index in [9.17, 15) is 5.11 Å². The van der Waals surface area contributed by atoms with Gasteiger partial charge in [0.1, 0.15) is 11.9 Å². The molecule has 0 aromatic carbocycles. The third kappa shape index (κ3) is 0.939. The molecule has 0 bridgehead atoms. The van der Waals surface area contributed by atoms with Gasteiger partial charge in [-0.15, -0.1) is 0 Å². The molecule has 4 heteroatoms. The van der Waals surface area contributed by atoms with Gasteiger partial charge in [0.25, 0.3) is 0 Å². The third-order valence-electron chi connectivity index (χ3n) is 2.05. The fourth-order valence-corrected chi connectivity index (χ4v) is 1.20. The molecule has 0 aliphatic heterocycles. The van der Waals surface area contributed by atoms with E-state index in [-0.39, 0.29) is 0 Å². The van der Waals surface area contributed by atoms with E-state index in [1.807, 2.05) is 6.92 Å². The first-order valence-electron chi connectivity index (χ1n) is 3.87. The van der Waals surface area contributed by atoms with Crippen LogP contribution in [0.15, 0.2) is 6.33 Å². The van der Waals surface area contributed by atoms with Crippen molar-refractivity contribution in [1.29, 1.82) is 0 Å². The van der Waals surface area contributed by atoms with Gasteiger partial charge in [0.15, 0.2) is 5.82 Å². The van der Waals surface area contributed by atoms with Crippen LogP contribution in [0.25, 0.3) is 0 Å². The highest BCUT2D eigenvalue weighted by atomic mass is 16.3. The summed E-state index contributed by atoms with van der Waals surface area (Å²) in [6, 6.07) is 0. The Morgan fingerprint density at radius 3 is 3.00 bits per heavy atom. The molecule has 1 aliphatic carbocycles. The van der Waals surface area contributed by atoms with Crippen LogP contribution in [0.2, 0.25) is 0 Å². The van der Waals surface area contributed by atoms with Crippen LogP contribution in [0.4, 0.5) is 0 Å². The molecule has 0 amide bonds. The van der Waals surface area contributed by atoms with Gasteiger partial charge < -0.3 is 5.11 Å².